The quantitative estimate of drug-likeness (QED) is 0.153. The molecule has 4 heteroatoms. The zero-order valence-corrected chi connectivity index (χ0v) is 37.0. The third-order valence-electron chi connectivity index (χ3n) is 14.3. The molecule has 0 unspecified atom stereocenters. The first-order chi connectivity index (χ1) is 33.7. The van der Waals surface area contributed by atoms with Crippen LogP contribution >= 0.6 is 0 Å². The van der Waals surface area contributed by atoms with E-state index in [4.69, 9.17) is 9.97 Å². The van der Waals surface area contributed by atoms with Crippen molar-refractivity contribution in [2.24, 2.45) is 0 Å². The average molecular weight is 867 g/mol. The van der Waals surface area contributed by atoms with Gasteiger partial charge in [0.15, 0.2) is 0 Å². The van der Waals surface area contributed by atoms with Crippen LogP contribution in [0.3, 0.4) is 0 Å². The summed E-state index contributed by atoms with van der Waals surface area (Å²) >= 11 is 0. The predicted octanol–water partition coefficient (Wildman–Crippen LogP) is 14.7. The number of benzene rings is 7. The molecule has 0 amide bonds. The summed E-state index contributed by atoms with van der Waals surface area (Å²) in [6.45, 7) is 0. The molecule has 318 valence electrons. The fourth-order valence-electron chi connectivity index (χ4n) is 11.3. The first-order valence-electron chi connectivity index (χ1n) is 23.2. The summed E-state index contributed by atoms with van der Waals surface area (Å²) < 4.78 is 0. The van der Waals surface area contributed by atoms with Gasteiger partial charge >= 0.3 is 0 Å². The lowest BCUT2D eigenvalue weighted by atomic mass is 9.65. The molecule has 68 heavy (non-hydrogen) atoms. The molecule has 4 nitrogen and oxygen atoms in total. The molecule has 4 aromatic heterocycles. The van der Waals surface area contributed by atoms with Gasteiger partial charge in [-0.2, -0.15) is 0 Å². The van der Waals surface area contributed by atoms with E-state index < -0.39 is 10.8 Å². The van der Waals surface area contributed by atoms with Crippen molar-refractivity contribution in [1.82, 2.24) is 19.9 Å². The molecule has 0 radical (unpaired) electrons. The van der Waals surface area contributed by atoms with E-state index in [1.807, 2.05) is 36.9 Å². The fraction of sp³-hybridized carbons (Fsp3) is 0.0312. The lowest BCUT2D eigenvalue weighted by Crippen LogP contribution is -2.30. The van der Waals surface area contributed by atoms with Crippen molar-refractivity contribution >= 4 is 0 Å². The van der Waals surface area contributed by atoms with Crippen LogP contribution in [0.1, 0.15) is 44.5 Å². The van der Waals surface area contributed by atoms with Gasteiger partial charge in [-0.05, 0) is 139 Å². The summed E-state index contributed by atoms with van der Waals surface area (Å²) in [5.41, 5.74) is 21.8. The summed E-state index contributed by atoms with van der Waals surface area (Å²) in [6, 6.07) is 80.2. The molecule has 4 heterocycles. The van der Waals surface area contributed by atoms with E-state index in [9.17, 15) is 0 Å². The Morgan fingerprint density at radius 3 is 0.926 bits per heavy atom. The predicted molar refractivity (Wildman–Crippen MR) is 274 cm³/mol. The monoisotopic (exact) mass is 866 g/mol. The summed E-state index contributed by atoms with van der Waals surface area (Å²) in [5.74, 6) is 0. The van der Waals surface area contributed by atoms with Gasteiger partial charge in [-0.15, -0.1) is 0 Å². The Morgan fingerprint density at radius 2 is 0.603 bits per heavy atom. The Balaban J connectivity index is 1.07. The minimum absolute atomic E-state index is 0.631. The highest BCUT2D eigenvalue weighted by Crippen LogP contribution is 2.63. The Morgan fingerprint density at radius 1 is 0.250 bits per heavy atom. The van der Waals surface area contributed by atoms with Crippen molar-refractivity contribution in [2.45, 2.75) is 10.8 Å². The zero-order valence-electron chi connectivity index (χ0n) is 37.0. The standard InChI is InChI=1S/C64H42N4/c1-5-17-49(18-6-1)63(50-19-7-2-8-20-50)57-35-43(45-27-31-61(67-41-45)47-15-13-33-65-39-47)25-29-53(57)55-38-60-56(37-59(55)63)54-30-26-44(46-28-32-62(68-42-46)48-16-14-34-66-40-48)36-58(54)64(60,51-21-9-3-10-22-51)52-23-11-4-12-24-52/h1-42H. The highest BCUT2D eigenvalue weighted by atomic mass is 14.7. The maximum atomic E-state index is 4.94. The molecule has 2 aliphatic carbocycles. The second-order valence-corrected chi connectivity index (χ2v) is 17.8. The average Bonchev–Trinajstić information content (AvgIpc) is 3.88. The molecule has 0 aliphatic heterocycles. The smallest absolute Gasteiger partial charge is 0.0717 e. The third-order valence-corrected chi connectivity index (χ3v) is 14.3. The molecule has 0 atom stereocenters. The number of nitrogens with zero attached hydrogens (tertiary/aromatic N) is 4. The van der Waals surface area contributed by atoms with Crippen molar-refractivity contribution in [1.29, 1.82) is 0 Å². The molecule has 0 saturated heterocycles. The van der Waals surface area contributed by atoms with Crippen molar-refractivity contribution in [3.05, 3.63) is 300 Å². The molecular weight excluding hydrogens is 825 g/mol. The molecule has 0 fully saturated rings. The topological polar surface area (TPSA) is 51.6 Å². The van der Waals surface area contributed by atoms with Gasteiger partial charge in [0.05, 0.1) is 22.2 Å². The molecule has 0 saturated carbocycles. The van der Waals surface area contributed by atoms with Gasteiger partial charge in [0, 0.05) is 59.4 Å². The molecule has 0 spiro atoms. The molecule has 2 aliphatic rings. The van der Waals surface area contributed by atoms with Crippen LogP contribution in [0.15, 0.2) is 256 Å². The molecular formula is C64H42N4. The lowest BCUT2D eigenvalue weighted by Gasteiger charge is -2.35. The van der Waals surface area contributed by atoms with E-state index in [2.05, 4.69) is 216 Å². The summed E-state index contributed by atoms with van der Waals surface area (Å²) in [6.07, 6.45) is 11.3. The second kappa shape index (κ2) is 15.9. The maximum absolute atomic E-state index is 4.94. The number of hydrogen-bond acceptors (Lipinski definition) is 4. The highest BCUT2D eigenvalue weighted by Gasteiger charge is 2.51. The number of fused-ring (bicyclic) bond motifs is 6. The maximum Gasteiger partial charge on any atom is 0.0717 e. The van der Waals surface area contributed by atoms with E-state index in [0.717, 1.165) is 44.8 Å². The summed E-state index contributed by atoms with van der Waals surface area (Å²) in [5, 5.41) is 0. The summed E-state index contributed by atoms with van der Waals surface area (Å²) in [4.78, 5) is 18.6. The van der Waals surface area contributed by atoms with Crippen LogP contribution in [0, 0.1) is 0 Å². The van der Waals surface area contributed by atoms with E-state index in [-0.39, 0.29) is 0 Å². The first-order valence-corrected chi connectivity index (χ1v) is 23.2. The van der Waals surface area contributed by atoms with Crippen LogP contribution in [-0.4, -0.2) is 19.9 Å². The van der Waals surface area contributed by atoms with Crippen molar-refractivity contribution in [2.75, 3.05) is 0 Å². The normalized spacial score (nSPS) is 13.5. The Hall–Kier alpha value is -8.86. The van der Waals surface area contributed by atoms with Crippen LogP contribution in [0.5, 0.6) is 0 Å². The van der Waals surface area contributed by atoms with Crippen molar-refractivity contribution in [3.8, 4) is 67.0 Å². The number of hydrogen-bond donors (Lipinski definition) is 0. The molecule has 7 aromatic carbocycles. The number of rotatable bonds is 8. The van der Waals surface area contributed by atoms with Crippen LogP contribution in [0.4, 0.5) is 0 Å². The summed E-state index contributed by atoms with van der Waals surface area (Å²) in [7, 11) is 0. The molecule has 13 rings (SSSR count). The van der Waals surface area contributed by atoms with E-state index in [0.29, 0.717) is 0 Å². The van der Waals surface area contributed by atoms with Crippen molar-refractivity contribution in [3.63, 3.8) is 0 Å². The van der Waals surface area contributed by atoms with E-state index in [1.54, 1.807) is 12.4 Å². The zero-order chi connectivity index (χ0) is 45.1. The van der Waals surface area contributed by atoms with Gasteiger partial charge in [-0.3, -0.25) is 19.9 Å². The van der Waals surface area contributed by atoms with Crippen LogP contribution in [-0.2, 0) is 10.8 Å². The fourth-order valence-corrected chi connectivity index (χ4v) is 11.3. The van der Waals surface area contributed by atoms with E-state index in [1.165, 1.54) is 66.8 Å². The largest absolute Gasteiger partial charge is 0.264 e. The Kier molecular flexibility index (Phi) is 9.26. The van der Waals surface area contributed by atoms with Crippen LogP contribution in [0.25, 0.3) is 67.0 Å². The minimum atomic E-state index is -0.631. The molecule has 11 aromatic rings. The van der Waals surface area contributed by atoms with Gasteiger partial charge in [-0.1, -0.05) is 158 Å². The Bertz CT molecular complexity index is 3290. The van der Waals surface area contributed by atoms with Crippen LogP contribution in [0.2, 0.25) is 0 Å². The SMILES string of the molecule is c1ccc(C2(c3ccccc3)c3cc(-c4ccc(-c5cccnc5)nc4)ccc3-c3cc4c(cc32)-c2ccc(-c3ccc(-c5cccnc5)nc3)cc2C4(c2ccccc2)c2ccccc2)cc1. The molecule has 0 bridgehead atoms. The highest BCUT2D eigenvalue weighted by molar-refractivity contribution is 5.96. The third kappa shape index (κ3) is 6.01. The number of pyridine rings is 4. The van der Waals surface area contributed by atoms with Gasteiger partial charge in [0.2, 0.25) is 0 Å². The lowest BCUT2D eigenvalue weighted by molar-refractivity contribution is 0.759. The van der Waals surface area contributed by atoms with Gasteiger partial charge in [0.25, 0.3) is 0 Å². The first kappa shape index (κ1) is 39.5. The van der Waals surface area contributed by atoms with Gasteiger partial charge in [0.1, 0.15) is 0 Å². The minimum Gasteiger partial charge on any atom is -0.264 e. The van der Waals surface area contributed by atoms with E-state index >= 15 is 0 Å². The number of aromatic nitrogens is 4. The van der Waals surface area contributed by atoms with Crippen molar-refractivity contribution < 1.29 is 0 Å². The van der Waals surface area contributed by atoms with Crippen LogP contribution < -0.4 is 0 Å². The Labute approximate surface area is 396 Å². The molecule has 0 N–H and O–H groups in total. The second-order valence-electron chi connectivity index (χ2n) is 17.8. The van der Waals surface area contributed by atoms with Gasteiger partial charge < -0.3 is 0 Å². The van der Waals surface area contributed by atoms with Gasteiger partial charge in [-0.25, -0.2) is 0 Å².